The molecule has 2 aromatic heterocycles. The maximum Gasteiger partial charge on any atom is 0.221 e. The van der Waals surface area contributed by atoms with Crippen LogP contribution in [-0.2, 0) is 0 Å². The number of anilines is 1. The molecule has 0 unspecified atom stereocenters. The summed E-state index contributed by atoms with van der Waals surface area (Å²) in [7, 11) is 0. The third kappa shape index (κ3) is 1.14. The molecule has 0 amide bonds. The van der Waals surface area contributed by atoms with Crippen LogP contribution >= 0.6 is 0 Å². The average molecular weight is 171 g/mol. The van der Waals surface area contributed by atoms with Gasteiger partial charge in [0.05, 0.1) is 5.52 Å². The Morgan fingerprint density at radius 2 is 2.23 bits per heavy atom. The minimum Gasteiger partial charge on any atom is -0.368 e. The van der Waals surface area contributed by atoms with Crippen molar-refractivity contribution in [3.05, 3.63) is 24.0 Å². The molecule has 0 atom stereocenters. The molecule has 0 saturated heterocycles. The molecule has 0 radical (unpaired) electrons. The second-order valence-corrected chi connectivity index (χ2v) is 2.41. The topological polar surface area (TPSA) is 88.5 Å². The predicted molar refractivity (Wildman–Crippen MR) is 46.5 cm³/mol. The number of pyridine rings is 1. The van der Waals surface area contributed by atoms with E-state index in [0.29, 0.717) is 11.0 Å². The number of nitriles is 1. The van der Waals surface area contributed by atoms with Crippen LogP contribution in [-0.4, -0.2) is 15.0 Å². The lowest BCUT2D eigenvalue weighted by molar-refractivity contribution is 1.18. The van der Waals surface area contributed by atoms with E-state index in [0.717, 1.165) is 0 Å². The van der Waals surface area contributed by atoms with Crippen molar-refractivity contribution in [2.45, 2.75) is 0 Å². The summed E-state index contributed by atoms with van der Waals surface area (Å²) >= 11 is 0. The second-order valence-electron chi connectivity index (χ2n) is 2.41. The quantitative estimate of drug-likeness (QED) is 0.622. The van der Waals surface area contributed by atoms with Crippen molar-refractivity contribution in [2.24, 2.45) is 0 Å². The van der Waals surface area contributed by atoms with Gasteiger partial charge in [0, 0.05) is 6.20 Å². The van der Waals surface area contributed by atoms with E-state index in [9.17, 15) is 0 Å². The maximum atomic E-state index is 8.72. The van der Waals surface area contributed by atoms with Crippen LogP contribution in [0.4, 0.5) is 5.95 Å². The fourth-order valence-corrected chi connectivity index (χ4v) is 1.06. The van der Waals surface area contributed by atoms with E-state index in [1.165, 1.54) is 0 Å². The van der Waals surface area contributed by atoms with Crippen LogP contribution in [0.3, 0.4) is 0 Å². The summed E-state index contributed by atoms with van der Waals surface area (Å²) in [5, 5.41) is 8.72. The summed E-state index contributed by atoms with van der Waals surface area (Å²) in [6.07, 6.45) is 1.59. The summed E-state index contributed by atoms with van der Waals surface area (Å²) in [6, 6.07) is 5.39. The summed E-state index contributed by atoms with van der Waals surface area (Å²) in [6.45, 7) is 0. The molecule has 2 rings (SSSR count). The molecule has 2 N–H and O–H groups in total. The highest BCUT2D eigenvalue weighted by atomic mass is 15.0. The van der Waals surface area contributed by atoms with Crippen molar-refractivity contribution in [1.29, 1.82) is 5.26 Å². The van der Waals surface area contributed by atoms with Crippen LogP contribution in [0.2, 0.25) is 0 Å². The molecule has 2 heterocycles. The van der Waals surface area contributed by atoms with Gasteiger partial charge >= 0.3 is 0 Å². The second kappa shape index (κ2) is 2.68. The Morgan fingerprint density at radius 3 is 3.00 bits per heavy atom. The third-order valence-electron chi connectivity index (χ3n) is 1.58. The minimum absolute atomic E-state index is 0.0945. The monoisotopic (exact) mass is 171 g/mol. The van der Waals surface area contributed by atoms with E-state index < -0.39 is 0 Å². The number of hydrogen-bond donors (Lipinski definition) is 1. The van der Waals surface area contributed by atoms with Crippen molar-refractivity contribution in [2.75, 3.05) is 5.73 Å². The van der Waals surface area contributed by atoms with Gasteiger partial charge in [-0.15, -0.1) is 0 Å². The van der Waals surface area contributed by atoms with Crippen molar-refractivity contribution in [3.8, 4) is 6.07 Å². The molecule has 2 aromatic rings. The highest BCUT2D eigenvalue weighted by Crippen LogP contribution is 2.11. The Morgan fingerprint density at radius 1 is 1.38 bits per heavy atom. The lowest BCUT2D eigenvalue weighted by atomic mass is 10.3. The smallest absolute Gasteiger partial charge is 0.221 e. The zero-order valence-electron chi connectivity index (χ0n) is 6.60. The van der Waals surface area contributed by atoms with Crippen LogP contribution in [0.15, 0.2) is 18.3 Å². The summed E-state index contributed by atoms with van der Waals surface area (Å²) in [5.74, 6) is 0.0945. The molecular formula is C8H5N5. The van der Waals surface area contributed by atoms with Crippen LogP contribution in [0.25, 0.3) is 11.0 Å². The van der Waals surface area contributed by atoms with Gasteiger partial charge in [0.15, 0.2) is 5.69 Å². The Balaban J connectivity index is 2.91. The normalized spacial score (nSPS) is 9.77. The number of fused-ring (bicyclic) bond motifs is 1. The SMILES string of the molecule is N#Cc1nc(N)nc2cccnc12. The van der Waals surface area contributed by atoms with Crippen LogP contribution in [0.1, 0.15) is 5.69 Å². The first-order chi connectivity index (χ1) is 6.31. The Labute approximate surface area is 73.9 Å². The van der Waals surface area contributed by atoms with Gasteiger partial charge in [0.2, 0.25) is 5.95 Å². The van der Waals surface area contributed by atoms with Crippen LogP contribution in [0.5, 0.6) is 0 Å². The van der Waals surface area contributed by atoms with E-state index in [1.54, 1.807) is 18.3 Å². The Bertz CT molecular complexity index is 499. The predicted octanol–water partition coefficient (Wildman–Crippen LogP) is 0.479. The lowest BCUT2D eigenvalue weighted by Gasteiger charge is -1.97. The largest absolute Gasteiger partial charge is 0.368 e. The first-order valence-corrected chi connectivity index (χ1v) is 3.59. The van der Waals surface area contributed by atoms with Crippen LogP contribution < -0.4 is 5.73 Å². The molecule has 0 bridgehead atoms. The molecule has 0 aromatic carbocycles. The zero-order valence-corrected chi connectivity index (χ0v) is 6.60. The standard InChI is InChI=1S/C8H5N5/c9-4-6-7-5(2-1-3-11-7)12-8(10)13-6/h1-3H,(H2,10,12,13). The van der Waals surface area contributed by atoms with Crippen molar-refractivity contribution in [3.63, 3.8) is 0 Å². The third-order valence-corrected chi connectivity index (χ3v) is 1.58. The van der Waals surface area contributed by atoms with Crippen molar-refractivity contribution < 1.29 is 0 Å². The fraction of sp³-hybridized carbons (Fsp3) is 0. The van der Waals surface area contributed by atoms with E-state index in [4.69, 9.17) is 11.0 Å². The molecule has 0 aliphatic carbocycles. The molecule has 13 heavy (non-hydrogen) atoms. The minimum atomic E-state index is 0.0945. The van der Waals surface area contributed by atoms with Gasteiger partial charge in [0.1, 0.15) is 11.6 Å². The van der Waals surface area contributed by atoms with Gasteiger partial charge < -0.3 is 5.73 Å². The number of aromatic nitrogens is 3. The van der Waals surface area contributed by atoms with E-state index in [2.05, 4.69) is 15.0 Å². The number of nitrogen functional groups attached to an aromatic ring is 1. The maximum absolute atomic E-state index is 8.72. The van der Waals surface area contributed by atoms with Gasteiger partial charge in [-0.2, -0.15) is 10.2 Å². The van der Waals surface area contributed by atoms with Gasteiger partial charge in [-0.25, -0.2) is 4.98 Å². The molecule has 0 aliphatic heterocycles. The highest BCUT2D eigenvalue weighted by Gasteiger charge is 2.04. The van der Waals surface area contributed by atoms with E-state index >= 15 is 0 Å². The van der Waals surface area contributed by atoms with E-state index in [1.807, 2.05) is 6.07 Å². The first kappa shape index (κ1) is 7.43. The van der Waals surface area contributed by atoms with Gasteiger partial charge in [-0.1, -0.05) is 0 Å². The Kier molecular flexibility index (Phi) is 1.53. The molecule has 0 fully saturated rings. The number of rotatable bonds is 0. The molecule has 0 saturated carbocycles. The fourth-order valence-electron chi connectivity index (χ4n) is 1.06. The number of hydrogen-bond acceptors (Lipinski definition) is 5. The molecule has 5 nitrogen and oxygen atoms in total. The molecule has 0 spiro atoms. The number of nitrogens with two attached hydrogens (primary N) is 1. The zero-order chi connectivity index (χ0) is 9.26. The van der Waals surface area contributed by atoms with E-state index in [-0.39, 0.29) is 11.6 Å². The van der Waals surface area contributed by atoms with Crippen molar-refractivity contribution >= 4 is 17.0 Å². The van der Waals surface area contributed by atoms with Gasteiger partial charge in [-0.3, -0.25) is 4.98 Å². The van der Waals surface area contributed by atoms with Gasteiger partial charge in [-0.05, 0) is 12.1 Å². The lowest BCUT2D eigenvalue weighted by Crippen LogP contribution is -1.99. The molecule has 0 aliphatic rings. The van der Waals surface area contributed by atoms with Crippen LogP contribution in [0, 0.1) is 11.3 Å². The molecule has 62 valence electrons. The summed E-state index contributed by atoms with van der Waals surface area (Å²) in [5.41, 5.74) is 6.69. The Hall–Kier alpha value is -2.22. The highest BCUT2D eigenvalue weighted by molar-refractivity contribution is 5.79. The first-order valence-electron chi connectivity index (χ1n) is 3.59. The average Bonchev–Trinajstić information content (AvgIpc) is 2.16. The van der Waals surface area contributed by atoms with Gasteiger partial charge in [0.25, 0.3) is 0 Å². The molecule has 5 heteroatoms. The summed E-state index contributed by atoms with van der Waals surface area (Å²) < 4.78 is 0. The van der Waals surface area contributed by atoms with Crippen molar-refractivity contribution in [1.82, 2.24) is 15.0 Å². The summed E-state index contributed by atoms with van der Waals surface area (Å²) in [4.78, 5) is 11.7. The number of nitrogens with zero attached hydrogens (tertiary/aromatic N) is 4. The molecular weight excluding hydrogens is 166 g/mol.